The highest BCUT2D eigenvalue weighted by Crippen LogP contribution is 2.28. The fourth-order valence-corrected chi connectivity index (χ4v) is 2.19. The normalized spacial score (nSPS) is 12.8. The highest BCUT2D eigenvalue weighted by atomic mass is 35.5. The molecule has 0 aliphatic heterocycles. The fourth-order valence-electron chi connectivity index (χ4n) is 2.08. The number of hydrazine groups is 1. The van der Waals surface area contributed by atoms with E-state index in [1.165, 1.54) is 12.1 Å². The van der Waals surface area contributed by atoms with Gasteiger partial charge in [-0.05, 0) is 35.9 Å². The van der Waals surface area contributed by atoms with Gasteiger partial charge in [-0.25, -0.2) is 14.8 Å². The Labute approximate surface area is 119 Å². The molecule has 3 aromatic rings. The van der Waals surface area contributed by atoms with Gasteiger partial charge in [0.15, 0.2) is 0 Å². The Morgan fingerprint density at radius 3 is 2.80 bits per heavy atom. The summed E-state index contributed by atoms with van der Waals surface area (Å²) in [5, 5.41) is 1.08. The van der Waals surface area contributed by atoms with Crippen LogP contribution in [0.25, 0.3) is 11.0 Å². The summed E-state index contributed by atoms with van der Waals surface area (Å²) < 4.78 is 18.9. The number of hydrogen-bond acceptors (Lipinski definition) is 4. The van der Waals surface area contributed by atoms with Crippen LogP contribution in [-0.4, -0.2) is 4.98 Å². The van der Waals surface area contributed by atoms with Crippen LogP contribution in [-0.2, 0) is 0 Å². The van der Waals surface area contributed by atoms with Crippen molar-refractivity contribution in [3.8, 4) is 0 Å². The molecule has 6 heteroatoms. The zero-order valence-electron chi connectivity index (χ0n) is 10.3. The lowest BCUT2D eigenvalue weighted by molar-refractivity contribution is 0.476. The Bertz CT molecular complexity index is 742. The first-order chi connectivity index (χ1) is 9.67. The molecule has 0 spiro atoms. The number of aromatic nitrogens is 1. The minimum Gasteiger partial charge on any atom is -0.459 e. The van der Waals surface area contributed by atoms with E-state index < -0.39 is 0 Å². The molecule has 1 aromatic carbocycles. The molecule has 1 atom stereocenters. The van der Waals surface area contributed by atoms with Gasteiger partial charge in [-0.1, -0.05) is 17.7 Å². The smallest absolute Gasteiger partial charge is 0.134 e. The number of nitrogens with two attached hydrogens (primary N) is 1. The molecule has 0 saturated heterocycles. The Balaban J connectivity index is 2.04. The SMILES string of the molecule is NNC(c1ccc(Cl)nc1)c1cc2cc(F)ccc2o1. The van der Waals surface area contributed by atoms with Crippen LogP contribution in [0.1, 0.15) is 17.4 Å². The summed E-state index contributed by atoms with van der Waals surface area (Å²) in [4.78, 5) is 4.01. The lowest BCUT2D eigenvalue weighted by Crippen LogP contribution is -2.28. The van der Waals surface area contributed by atoms with Crippen LogP contribution < -0.4 is 11.3 Å². The maximum Gasteiger partial charge on any atom is 0.134 e. The van der Waals surface area contributed by atoms with E-state index in [4.69, 9.17) is 21.9 Å². The van der Waals surface area contributed by atoms with Crippen LogP contribution in [0.4, 0.5) is 4.39 Å². The predicted octanol–water partition coefficient (Wildman–Crippen LogP) is 3.17. The number of nitrogens with zero attached hydrogens (tertiary/aromatic N) is 1. The molecule has 4 nitrogen and oxygen atoms in total. The summed E-state index contributed by atoms with van der Waals surface area (Å²) in [6.07, 6.45) is 1.61. The number of pyridine rings is 1. The highest BCUT2D eigenvalue weighted by Gasteiger charge is 2.17. The Kier molecular flexibility index (Phi) is 3.40. The highest BCUT2D eigenvalue weighted by molar-refractivity contribution is 6.29. The molecule has 0 radical (unpaired) electrons. The van der Waals surface area contributed by atoms with Crippen LogP contribution in [0.15, 0.2) is 47.0 Å². The summed E-state index contributed by atoms with van der Waals surface area (Å²) in [7, 11) is 0. The van der Waals surface area contributed by atoms with Gasteiger partial charge in [0.2, 0.25) is 0 Å². The van der Waals surface area contributed by atoms with Crippen LogP contribution >= 0.6 is 11.6 Å². The predicted molar refractivity (Wildman–Crippen MR) is 74.6 cm³/mol. The number of hydrogen-bond donors (Lipinski definition) is 2. The molecule has 0 fully saturated rings. The van der Waals surface area contributed by atoms with Crippen molar-refractivity contribution < 1.29 is 8.81 Å². The quantitative estimate of drug-likeness (QED) is 0.442. The molecule has 0 saturated carbocycles. The first-order valence-corrected chi connectivity index (χ1v) is 6.32. The zero-order chi connectivity index (χ0) is 14.1. The van der Waals surface area contributed by atoms with E-state index in [9.17, 15) is 4.39 Å². The molecule has 3 rings (SSSR count). The molecule has 0 amide bonds. The van der Waals surface area contributed by atoms with Crippen molar-refractivity contribution >= 4 is 22.6 Å². The average Bonchev–Trinajstić information content (AvgIpc) is 2.84. The van der Waals surface area contributed by atoms with Crippen molar-refractivity contribution in [2.75, 3.05) is 0 Å². The first-order valence-electron chi connectivity index (χ1n) is 5.94. The van der Waals surface area contributed by atoms with Crippen molar-refractivity contribution in [3.63, 3.8) is 0 Å². The summed E-state index contributed by atoms with van der Waals surface area (Å²) in [6, 6.07) is 9.19. The van der Waals surface area contributed by atoms with E-state index in [1.807, 2.05) is 0 Å². The van der Waals surface area contributed by atoms with Crippen molar-refractivity contribution in [1.82, 2.24) is 10.4 Å². The molecule has 1 unspecified atom stereocenters. The third-order valence-electron chi connectivity index (χ3n) is 3.03. The van der Waals surface area contributed by atoms with Crippen LogP contribution in [0.2, 0.25) is 5.15 Å². The van der Waals surface area contributed by atoms with Gasteiger partial charge < -0.3 is 4.42 Å². The maximum atomic E-state index is 13.2. The Morgan fingerprint density at radius 2 is 2.10 bits per heavy atom. The van der Waals surface area contributed by atoms with Crippen molar-refractivity contribution in [1.29, 1.82) is 0 Å². The molecular weight excluding hydrogens is 281 g/mol. The zero-order valence-corrected chi connectivity index (χ0v) is 11.1. The topological polar surface area (TPSA) is 64.1 Å². The van der Waals surface area contributed by atoms with Gasteiger partial charge >= 0.3 is 0 Å². The largest absolute Gasteiger partial charge is 0.459 e. The van der Waals surface area contributed by atoms with Crippen molar-refractivity contribution in [3.05, 3.63) is 64.9 Å². The maximum absolute atomic E-state index is 13.2. The molecule has 0 aliphatic rings. The number of benzene rings is 1. The number of rotatable bonds is 3. The minimum absolute atomic E-state index is 0.310. The third kappa shape index (κ3) is 2.38. The molecule has 3 N–H and O–H groups in total. The van der Waals surface area contributed by atoms with E-state index in [0.717, 1.165) is 5.56 Å². The van der Waals surface area contributed by atoms with Gasteiger partial charge in [-0.3, -0.25) is 5.84 Å². The number of fused-ring (bicyclic) bond motifs is 1. The van der Waals surface area contributed by atoms with Gasteiger partial charge in [0, 0.05) is 11.6 Å². The van der Waals surface area contributed by atoms with E-state index in [0.29, 0.717) is 21.9 Å². The lowest BCUT2D eigenvalue weighted by atomic mass is 10.1. The lowest BCUT2D eigenvalue weighted by Gasteiger charge is -2.12. The standard InChI is InChI=1S/C14H11ClFN3O/c15-13-4-1-8(7-18-13)14(19-17)12-6-9-5-10(16)2-3-11(9)20-12/h1-7,14,19H,17H2. The van der Waals surface area contributed by atoms with Crippen molar-refractivity contribution in [2.24, 2.45) is 5.84 Å². The third-order valence-corrected chi connectivity index (χ3v) is 3.26. The summed E-state index contributed by atoms with van der Waals surface area (Å²) in [5.41, 5.74) is 4.06. The molecule has 0 bridgehead atoms. The number of furan rings is 1. The fraction of sp³-hybridized carbons (Fsp3) is 0.0714. The van der Waals surface area contributed by atoms with E-state index in [2.05, 4.69) is 10.4 Å². The second-order valence-electron chi connectivity index (χ2n) is 4.34. The molecule has 2 heterocycles. The van der Waals surface area contributed by atoms with Gasteiger partial charge in [0.1, 0.15) is 28.4 Å². The number of nitrogens with one attached hydrogen (secondary N) is 1. The molecular formula is C14H11ClFN3O. The Hall–Kier alpha value is -1.95. The minimum atomic E-state index is -0.379. The molecule has 102 valence electrons. The van der Waals surface area contributed by atoms with Crippen molar-refractivity contribution in [2.45, 2.75) is 6.04 Å². The van der Waals surface area contributed by atoms with Crippen LogP contribution in [0, 0.1) is 5.82 Å². The molecule has 0 aliphatic carbocycles. The van der Waals surface area contributed by atoms with Gasteiger partial charge in [0.05, 0.1) is 0 Å². The van der Waals surface area contributed by atoms with Crippen LogP contribution in [0.3, 0.4) is 0 Å². The monoisotopic (exact) mass is 291 g/mol. The second-order valence-corrected chi connectivity index (χ2v) is 4.73. The molecule has 20 heavy (non-hydrogen) atoms. The number of halogens is 2. The summed E-state index contributed by atoms with van der Waals surface area (Å²) >= 11 is 5.76. The van der Waals surface area contributed by atoms with E-state index >= 15 is 0 Å². The first kappa shape index (κ1) is 13.1. The second kappa shape index (κ2) is 5.20. The molecule has 2 aromatic heterocycles. The average molecular weight is 292 g/mol. The van der Waals surface area contributed by atoms with E-state index in [1.54, 1.807) is 30.5 Å². The van der Waals surface area contributed by atoms with Gasteiger partial charge in [0.25, 0.3) is 0 Å². The van der Waals surface area contributed by atoms with Gasteiger partial charge in [-0.15, -0.1) is 0 Å². The summed E-state index contributed by atoms with van der Waals surface area (Å²) in [6.45, 7) is 0. The van der Waals surface area contributed by atoms with Crippen LogP contribution in [0.5, 0.6) is 0 Å². The van der Waals surface area contributed by atoms with E-state index in [-0.39, 0.29) is 11.9 Å². The Morgan fingerprint density at radius 1 is 1.25 bits per heavy atom. The summed E-state index contributed by atoms with van der Waals surface area (Å²) in [5.74, 6) is 5.85. The van der Waals surface area contributed by atoms with Gasteiger partial charge in [-0.2, -0.15) is 0 Å².